The van der Waals surface area contributed by atoms with Crippen LogP contribution in [0.25, 0.3) is 11.1 Å². The zero-order valence-corrected chi connectivity index (χ0v) is 9.41. The lowest BCUT2D eigenvalue weighted by Gasteiger charge is -2.07. The zero-order chi connectivity index (χ0) is 11.5. The first-order valence-corrected chi connectivity index (χ1v) is 5.12. The fraction of sp³-hybridized carbons (Fsp3) is 0.0833. The molecule has 0 fully saturated rings. The van der Waals surface area contributed by atoms with Crippen molar-refractivity contribution in [3.8, 4) is 16.9 Å². The Morgan fingerprint density at radius 2 is 2.06 bits per heavy atom. The number of ether oxygens (including phenoxy) is 1. The van der Waals surface area contributed by atoms with E-state index in [1.54, 1.807) is 37.7 Å². The maximum Gasteiger partial charge on any atom is 0.189 e. The van der Waals surface area contributed by atoms with Crippen LogP contribution in [-0.4, -0.2) is 12.1 Å². The van der Waals surface area contributed by atoms with Gasteiger partial charge >= 0.3 is 0 Å². The quantitative estimate of drug-likeness (QED) is 0.870. The Labute approximate surface area is 97.7 Å². The number of aromatic nitrogens is 1. The van der Waals surface area contributed by atoms with Crippen molar-refractivity contribution in [2.45, 2.75) is 0 Å². The zero-order valence-electron chi connectivity index (χ0n) is 8.66. The van der Waals surface area contributed by atoms with Gasteiger partial charge < -0.3 is 9.72 Å². The van der Waals surface area contributed by atoms with Gasteiger partial charge in [-0.3, -0.25) is 4.79 Å². The van der Waals surface area contributed by atoms with Crippen molar-refractivity contribution < 1.29 is 4.74 Å². The minimum atomic E-state index is -0.0751. The number of rotatable bonds is 2. The largest absolute Gasteiger partial charge is 0.495 e. The molecule has 2 rings (SSSR count). The average molecular weight is 236 g/mol. The Balaban J connectivity index is 2.66. The summed E-state index contributed by atoms with van der Waals surface area (Å²) < 4.78 is 5.10. The van der Waals surface area contributed by atoms with Gasteiger partial charge in [0.2, 0.25) is 0 Å². The first-order valence-electron chi connectivity index (χ1n) is 4.74. The van der Waals surface area contributed by atoms with Crippen LogP contribution in [0.1, 0.15) is 0 Å². The van der Waals surface area contributed by atoms with E-state index < -0.39 is 0 Å². The average Bonchev–Trinajstić information content (AvgIpc) is 2.31. The number of nitrogens with one attached hydrogen (secondary N) is 1. The summed E-state index contributed by atoms with van der Waals surface area (Å²) in [4.78, 5) is 14.5. The molecule has 0 spiro atoms. The second-order valence-corrected chi connectivity index (χ2v) is 3.62. The SMILES string of the molecule is COc1cccc(-c2c[nH]ccc2=O)c1Cl. The van der Waals surface area contributed by atoms with Gasteiger partial charge in [-0.15, -0.1) is 0 Å². The Morgan fingerprint density at radius 3 is 2.75 bits per heavy atom. The molecule has 2 aromatic rings. The highest BCUT2D eigenvalue weighted by molar-refractivity contribution is 6.34. The van der Waals surface area contributed by atoms with Gasteiger partial charge in [-0.1, -0.05) is 23.7 Å². The number of aromatic amines is 1. The topological polar surface area (TPSA) is 42.1 Å². The number of hydrogen-bond acceptors (Lipinski definition) is 2. The molecule has 1 N–H and O–H groups in total. The molecule has 0 radical (unpaired) electrons. The number of methoxy groups -OCH3 is 1. The molecule has 1 aromatic carbocycles. The van der Waals surface area contributed by atoms with Gasteiger partial charge in [-0.05, 0) is 6.07 Å². The molecule has 1 heterocycles. The van der Waals surface area contributed by atoms with E-state index in [2.05, 4.69) is 4.98 Å². The van der Waals surface area contributed by atoms with E-state index in [9.17, 15) is 4.79 Å². The molecule has 0 amide bonds. The summed E-state index contributed by atoms with van der Waals surface area (Å²) in [5.74, 6) is 0.558. The maximum atomic E-state index is 11.7. The van der Waals surface area contributed by atoms with Gasteiger partial charge in [-0.2, -0.15) is 0 Å². The number of benzene rings is 1. The lowest BCUT2D eigenvalue weighted by Crippen LogP contribution is -2.03. The maximum absolute atomic E-state index is 11.7. The molecule has 0 aliphatic rings. The molecular formula is C12H10ClNO2. The third-order valence-electron chi connectivity index (χ3n) is 2.30. The van der Waals surface area contributed by atoms with Gasteiger partial charge in [-0.25, -0.2) is 0 Å². The van der Waals surface area contributed by atoms with Crippen molar-refractivity contribution in [3.05, 3.63) is 51.9 Å². The molecule has 0 bridgehead atoms. The summed E-state index contributed by atoms with van der Waals surface area (Å²) in [5.41, 5.74) is 1.13. The molecule has 0 aliphatic heterocycles. The van der Waals surface area contributed by atoms with Crippen LogP contribution in [0.2, 0.25) is 5.02 Å². The third-order valence-corrected chi connectivity index (χ3v) is 2.69. The monoisotopic (exact) mass is 235 g/mol. The van der Waals surface area contributed by atoms with Gasteiger partial charge in [0.25, 0.3) is 0 Å². The lowest BCUT2D eigenvalue weighted by molar-refractivity contribution is 0.415. The highest BCUT2D eigenvalue weighted by atomic mass is 35.5. The normalized spacial score (nSPS) is 10.1. The molecule has 0 saturated heterocycles. The van der Waals surface area contributed by atoms with Crippen molar-refractivity contribution in [2.24, 2.45) is 0 Å². The van der Waals surface area contributed by atoms with Crippen LogP contribution in [0, 0.1) is 0 Å². The third kappa shape index (κ3) is 1.82. The van der Waals surface area contributed by atoms with Crippen LogP contribution in [0.3, 0.4) is 0 Å². The van der Waals surface area contributed by atoms with Gasteiger partial charge in [0, 0.05) is 29.6 Å². The second-order valence-electron chi connectivity index (χ2n) is 3.24. The summed E-state index contributed by atoms with van der Waals surface area (Å²) in [5, 5.41) is 0.446. The van der Waals surface area contributed by atoms with E-state index in [4.69, 9.17) is 16.3 Å². The summed E-state index contributed by atoms with van der Waals surface area (Å²) in [6.07, 6.45) is 3.21. The number of halogens is 1. The predicted molar refractivity (Wildman–Crippen MR) is 64.1 cm³/mol. The van der Waals surface area contributed by atoms with Gasteiger partial charge in [0.05, 0.1) is 12.1 Å². The molecule has 0 atom stereocenters. The number of H-pyrrole nitrogens is 1. The molecule has 1 aromatic heterocycles. The van der Waals surface area contributed by atoms with E-state index in [1.165, 1.54) is 6.07 Å². The Morgan fingerprint density at radius 1 is 1.25 bits per heavy atom. The highest BCUT2D eigenvalue weighted by Crippen LogP contribution is 2.33. The van der Waals surface area contributed by atoms with Crippen molar-refractivity contribution in [1.29, 1.82) is 0 Å². The molecule has 82 valence electrons. The first kappa shape index (κ1) is 10.8. The second kappa shape index (κ2) is 4.41. The predicted octanol–water partition coefficient (Wildman–Crippen LogP) is 2.70. The fourth-order valence-corrected chi connectivity index (χ4v) is 1.81. The minimum Gasteiger partial charge on any atom is -0.495 e. The summed E-state index contributed by atoms with van der Waals surface area (Å²) >= 11 is 6.14. The van der Waals surface area contributed by atoms with Gasteiger partial charge in [0.15, 0.2) is 5.43 Å². The van der Waals surface area contributed by atoms with Crippen molar-refractivity contribution in [3.63, 3.8) is 0 Å². The van der Waals surface area contributed by atoms with Crippen molar-refractivity contribution >= 4 is 11.6 Å². The van der Waals surface area contributed by atoms with Crippen LogP contribution in [0.5, 0.6) is 5.75 Å². The fourth-order valence-electron chi connectivity index (χ4n) is 1.50. The van der Waals surface area contributed by atoms with E-state index >= 15 is 0 Å². The van der Waals surface area contributed by atoms with E-state index in [0.717, 1.165) is 0 Å². The van der Waals surface area contributed by atoms with Gasteiger partial charge in [0.1, 0.15) is 5.75 Å². The molecule has 0 saturated carbocycles. The summed E-state index contributed by atoms with van der Waals surface area (Å²) in [6.45, 7) is 0. The van der Waals surface area contributed by atoms with Crippen molar-refractivity contribution in [2.75, 3.05) is 7.11 Å². The Hall–Kier alpha value is -1.74. The van der Waals surface area contributed by atoms with Crippen molar-refractivity contribution in [1.82, 2.24) is 4.98 Å². The van der Waals surface area contributed by atoms with E-state index in [1.807, 2.05) is 0 Å². The van der Waals surface area contributed by atoms with E-state index in [0.29, 0.717) is 21.9 Å². The van der Waals surface area contributed by atoms with E-state index in [-0.39, 0.29) is 5.43 Å². The van der Waals surface area contributed by atoms with Crippen LogP contribution >= 0.6 is 11.6 Å². The van der Waals surface area contributed by atoms with Crippen LogP contribution in [0.4, 0.5) is 0 Å². The summed E-state index contributed by atoms with van der Waals surface area (Å²) in [7, 11) is 1.54. The van der Waals surface area contributed by atoms with Crippen LogP contribution in [-0.2, 0) is 0 Å². The summed E-state index contributed by atoms with van der Waals surface area (Å²) in [6, 6.07) is 6.80. The van der Waals surface area contributed by atoms with Crippen LogP contribution in [0.15, 0.2) is 41.5 Å². The smallest absolute Gasteiger partial charge is 0.189 e. The number of hydrogen-bond donors (Lipinski definition) is 1. The molecule has 0 aliphatic carbocycles. The molecule has 0 unspecified atom stereocenters. The molecule has 3 nitrogen and oxygen atoms in total. The molecular weight excluding hydrogens is 226 g/mol. The Bertz CT molecular complexity index is 563. The standard InChI is InChI=1S/C12H10ClNO2/c1-16-11-4-2-3-8(12(11)13)9-7-14-6-5-10(9)15/h2-7H,1H3,(H,14,15). The number of pyridine rings is 1. The lowest BCUT2D eigenvalue weighted by atomic mass is 10.1. The highest BCUT2D eigenvalue weighted by Gasteiger charge is 2.10. The Kier molecular flexibility index (Phi) is 2.97. The molecule has 4 heteroatoms. The minimum absolute atomic E-state index is 0.0751. The molecule has 16 heavy (non-hydrogen) atoms. The van der Waals surface area contributed by atoms with Crippen LogP contribution < -0.4 is 10.2 Å². The first-order chi connectivity index (χ1) is 7.74.